The number of anilines is 1. The van der Waals surface area contributed by atoms with Crippen molar-refractivity contribution in [3.8, 4) is 5.69 Å². The molecule has 1 N–H and O–H groups in total. The lowest BCUT2D eigenvalue weighted by molar-refractivity contribution is -0.143. The number of carbonyl (C=O) groups is 1. The number of carbonyl (C=O) groups excluding carboxylic acids is 1. The van der Waals surface area contributed by atoms with Crippen LogP contribution in [0.4, 0.5) is 18.3 Å². The van der Waals surface area contributed by atoms with Gasteiger partial charge < -0.3 is 0 Å². The molecule has 25 heavy (non-hydrogen) atoms. The molecule has 0 unspecified atom stereocenters. The zero-order chi connectivity index (χ0) is 18.2. The van der Waals surface area contributed by atoms with Crippen LogP contribution < -0.4 is 5.32 Å². The second-order valence-electron chi connectivity index (χ2n) is 5.04. The van der Waals surface area contributed by atoms with Crippen LogP contribution in [0.25, 0.3) is 5.69 Å². The number of rotatable bonds is 3. The molecule has 3 aromatic rings. The molecule has 5 nitrogen and oxygen atoms in total. The van der Waals surface area contributed by atoms with Gasteiger partial charge in [0.25, 0.3) is 5.91 Å². The summed E-state index contributed by atoms with van der Waals surface area (Å²) < 4.78 is 41.3. The Hall–Kier alpha value is -2.39. The molecule has 10 heteroatoms. The summed E-state index contributed by atoms with van der Waals surface area (Å²) >= 11 is 6.95. The Labute approximate surface area is 149 Å². The minimum absolute atomic E-state index is 0.101. The third-order valence-corrected chi connectivity index (χ3v) is 4.29. The zero-order valence-corrected chi connectivity index (χ0v) is 14.2. The van der Waals surface area contributed by atoms with Crippen LogP contribution in [-0.4, -0.2) is 20.7 Å². The highest BCUT2D eigenvalue weighted by Gasteiger charge is 2.40. The van der Waals surface area contributed by atoms with E-state index >= 15 is 0 Å². The monoisotopic (exact) mass is 386 g/mol. The van der Waals surface area contributed by atoms with Gasteiger partial charge in [-0.15, -0.1) is 11.3 Å². The Morgan fingerprint density at radius 2 is 2.12 bits per heavy atom. The van der Waals surface area contributed by atoms with Gasteiger partial charge in [0.2, 0.25) is 0 Å². The van der Waals surface area contributed by atoms with Gasteiger partial charge in [-0.05, 0) is 25.1 Å². The molecular formula is C15H10ClF3N4OS. The first-order valence-corrected chi connectivity index (χ1v) is 8.16. The van der Waals surface area contributed by atoms with Crippen LogP contribution in [0, 0.1) is 6.92 Å². The molecule has 130 valence electrons. The van der Waals surface area contributed by atoms with E-state index in [0.717, 1.165) is 17.5 Å². The van der Waals surface area contributed by atoms with Gasteiger partial charge in [0.05, 0.1) is 23.1 Å². The van der Waals surface area contributed by atoms with E-state index < -0.39 is 23.3 Å². The molecule has 0 radical (unpaired) electrons. The fourth-order valence-electron chi connectivity index (χ4n) is 2.17. The Kier molecular flexibility index (Phi) is 4.53. The maximum absolute atomic E-state index is 13.5. The van der Waals surface area contributed by atoms with Crippen LogP contribution in [0.1, 0.15) is 21.7 Å². The lowest BCUT2D eigenvalue weighted by Crippen LogP contribution is -2.20. The Morgan fingerprint density at radius 3 is 2.72 bits per heavy atom. The average Bonchev–Trinajstić information content (AvgIpc) is 3.13. The number of halogens is 4. The van der Waals surface area contributed by atoms with E-state index in [1.165, 1.54) is 24.3 Å². The van der Waals surface area contributed by atoms with E-state index in [0.29, 0.717) is 10.4 Å². The summed E-state index contributed by atoms with van der Waals surface area (Å²) in [6.07, 6.45) is -3.91. The predicted octanol–water partition coefficient (Wildman–Crippen LogP) is 4.56. The molecule has 0 atom stereocenters. The van der Waals surface area contributed by atoms with E-state index in [1.807, 2.05) is 0 Å². The summed E-state index contributed by atoms with van der Waals surface area (Å²) in [5.74, 6) is -0.935. The van der Waals surface area contributed by atoms with E-state index in [-0.39, 0.29) is 15.8 Å². The predicted molar refractivity (Wildman–Crippen MR) is 88.4 cm³/mol. The van der Waals surface area contributed by atoms with Gasteiger partial charge in [0, 0.05) is 10.4 Å². The van der Waals surface area contributed by atoms with Crippen molar-refractivity contribution < 1.29 is 18.0 Å². The van der Waals surface area contributed by atoms with Gasteiger partial charge in [-0.25, -0.2) is 9.67 Å². The Bertz CT molecular complexity index is 935. The van der Waals surface area contributed by atoms with Crippen LogP contribution in [0.3, 0.4) is 0 Å². The number of alkyl halides is 3. The first-order chi connectivity index (χ1) is 11.8. The van der Waals surface area contributed by atoms with Crippen molar-refractivity contribution >= 4 is 34.0 Å². The van der Waals surface area contributed by atoms with Gasteiger partial charge in [-0.2, -0.15) is 18.3 Å². The standard InChI is InChI=1S/C15H10ClF3N4OS/c1-8-7-25-14(21-8)22-13(24)11-6-20-23(12(11)15(17,18)19)10-4-2-3-9(16)5-10/h2-7H,1H3,(H,21,22,24). The first kappa shape index (κ1) is 17.4. The number of amides is 1. The van der Waals surface area contributed by atoms with E-state index in [9.17, 15) is 18.0 Å². The summed E-state index contributed by atoms with van der Waals surface area (Å²) in [6.45, 7) is 1.71. The van der Waals surface area contributed by atoms with Crippen LogP contribution in [0.2, 0.25) is 5.02 Å². The molecule has 0 spiro atoms. The smallest absolute Gasteiger partial charge is 0.298 e. The minimum atomic E-state index is -4.79. The van der Waals surface area contributed by atoms with Gasteiger partial charge in [0.1, 0.15) is 0 Å². The van der Waals surface area contributed by atoms with Gasteiger partial charge in [-0.1, -0.05) is 17.7 Å². The molecule has 0 aliphatic carbocycles. The lowest BCUT2D eigenvalue weighted by Gasteiger charge is -2.12. The molecule has 0 fully saturated rings. The number of hydrogen-bond acceptors (Lipinski definition) is 4. The summed E-state index contributed by atoms with van der Waals surface area (Å²) in [7, 11) is 0. The highest BCUT2D eigenvalue weighted by molar-refractivity contribution is 7.13. The third-order valence-electron chi connectivity index (χ3n) is 3.17. The highest BCUT2D eigenvalue weighted by atomic mass is 35.5. The second-order valence-corrected chi connectivity index (χ2v) is 6.34. The van der Waals surface area contributed by atoms with E-state index in [4.69, 9.17) is 11.6 Å². The summed E-state index contributed by atoms with van der Waals surface area (Å²) in [5.41, 5.74) is -1.02. The minimum Gasteiger partial charge on any atom is -0.298 e. The molecule has 0 aliphatic heterocycles. The largest absolute Gasteiger partial charge is 0.434 e. The Balaban J connectivity index is 2.04. The van der Waals surface area contributed by atoms with Crippen molar-refractivity contribution in [1.82, 2.24) is 14.8 Å². The Morgan fingerprint density at radius 1 is 1.36 bits per heavy atom. The van der Waals surface area contributed by atoms with Crippen molar-refractivity contribution in [2.24, 2.45) is 0 Å². The van der Waals surface area contributed by atoms with Crippen molar-refractivity contribution in [2.45, 2.75) is 13.1 Å². The molecule has 0 bridgehead atoms. The van der Waals surface area contributed by atoms with E-state index in [2.05, 4.69) is 15.4 Å². The summed E-state index contributed by atoms with van der Waals surface area (Å²) in [6, 6.07) is 5.77. The van der Waals surface area contributed by atoms with Crippen LogP contribution in [0.5, 0.6) is 0 Å². The van der Waals surface area contributed by atoms with Gasteiger partial charge in [0.15, 0.2) is 10.8 Å². The number of thiazole rings is 1. The SMILES string of the molecule is Cc1csc(NC(=O)c2cnn(-c3cccc(Cl)c3)c2C(F)(F)F)n1. The summed E-state index contributed by atoms with van der Waals surface area (Å²) in [5, 5.41) is 8.22. The number of nitrogens with zero attached hydrogens (tertiary/aromatic N) is 3. The van der Waals surface area contributed by atoms with E-state index in [1.54, 1.807) is 12.3 Å². The molecule has 2 heterocycles. The molecule has 0 saturated heterocycles. The van der Waals surface area contributed by atoms with Gasteiger partial charge in [-0.3, -0.25) is 10.1 Å². The number of benzene rings is 1. The van der Waals surface area contributed by atoms with Crippen LogP contribution in [-0.2, 0) is 6.18 Å². The zero-order valence-electron chi connectivity index (χ0n) is 12.6. The third kappa shape index (κ3) is 3.67. The quantitative estimate of drug-likeness (QED) is 0.717. The highest BCUT2D eigenvalue weighted by Crippen LogP contribution is 2.34. The maximum Gasteiger partial charge on any atom is 0.434 e. The summed E-state index contributed by atoms with van der Waals surface area (Å²) in [4.78, 5) is 16.3. The molecular weight excluding hydrogens is 377 g/mol. The molecule has 0 saturated carbocycles. The second kappa shape index (κ2) is 6.49. The van der Waals surface area contributed by atoms with Crippen LogP contribution >= 0.6 is 22.9 Å². The average molecular weight is 387 g/mol. The fourth-order valence-corrected chi connectivity index (χ4v) is 3.03. The number of aryl methyl sites for hydroxylation is 1. The lowest BCUT2D eigenvalue weighted by atomic mass is 10.2. The van der Waals surface area contributed by atoms with Crippen molar-refractivity contribution in [1.29, 1.82) is 0 Å². The molecule has 2 aromatic heterocycles. The number of hydrogen-bond donors (Lipinski definition) is 1. The van der Waals surface area contributed by atoms with Crippen molar-refractivity contribution in [2.75, 3.05) is 5.32 Å². The molecule has 0 aliphatic rings. The maximum atomic E-state index is 13.5. The molecule has 1 amide bonds. The molecule has 1 aromatic carbocycles. The normalized spacial score (nSPS) is 11.6. The van der Waals surface area contributed by atoms with Crippen molar-refractivity contribution in [3.63, 3.8) is 0 Å². The fraction of sp³-hybridized carbons (Fsp3) is 0.133. The van der Waals surface area contributed by atoms with Gasteiger partial charge >= 0.3 is 6.18 Å². The number of aromatic nitrogens is 3. The first-order valence-electron chi connectivity index (χ1n) is 6.90. The molecule has 3 rings (SSSR count). The van der Waals surface area contributed by atoms with Crippen molar-refractivity contribution in [3.05, 3.63) is 57.8 Å². The van der Waals surface area contributed by atoms with Crippen LogP contribution in [0.15, 0.2) is 35.8 Å². The topological polar surface area (TPSA) is 59.8 Å². The number of nitrogens with one attached hydrogen (secondary N) is 1.